The molecule has 0 rings (SSSR count). The maximum absolute atomic E-state index is 12.5. The van der Waals surface area contributed by atoms with E-state index in [9.17, 15) is 29.1 Å². The molecule has 0 bridgehead atoms. The van der Waals surface area contributed by atoms with Gasteiger partial charge in [-0.15, -0.1) is 0 Å². The fraction of sp³-hybridized carbons (Fsp3) is 0.688. The van der Waals surface area contributed by atoms with E-state index in [0.29, 0.717) is 12.2 Å². The molecule has 3 amide bonds. The van der Waals surface area contributed by atoms with Crippen LogP contribution in [0.4, 0.5) is 0 Å². The first-order valence-corrected chi connectivity index (χ1v) is 10.2. The van der Waals surface area contributed by atoms with Crippen LogP contribution in [0.3, 0.4) is 0 Å². The van der Waals surface area contributed by atoms with Crippen molar-refractivity contribution in [3.8, 4) is 0 Å². The highest BCUT2D eigenvalue weighted by Crippen LogP contribution is 2.03. The molecule has 0 aliphatic carbocycles. The zero-order chi connectivity index (χ0) is 23.4. The highest BCUT2D eigenvalue weighted by Gasteiger charge is 2.33. The van der Waals surface area contributed by atoms with E-state index in [1.54, 1.807) is 0 Å². The molecule has 0 aromatic heterocycles. The molecule has 172 valence electrons. The van der Waals surface area contributed by atoms with Gasteiger partial charge in [0.05, 0.1) is 25.2 Å². The number of carboxylic acid groups (broad SMARTS) is 2. The Hall–Kier alpha value is -2.42. The highest BCUT2D eigenvalue weighted by atomic mass is 32.2. The van der Waals surface area contributed by atoms with Gasteiger partial charge in [0.15, 0.2) is 0 Å². The summed E-state index contributed by atoms with van der Waals surface area (Å²) in [4.78, 5) is 58.7. The van der Waals surface area contributed by atoms with Crippen LogP contribution in [0.1, 0.15) is 19.8 Å². The molecular formula is C16H28N4O9S. The van der Waals surface area contributed by atoms with E-state index in [1.807, 2.05) is 11.6 Å². The van der Waals surface area contributed by atoms with Crippen LogP contribution in [0.5, 0.6) is 0 Å². The Kier molecular flexibility index (Phi) is 12.6. The van der Waals surface area contributed by atoms with Gasteiger partial charge >= 0.3 is 11.9 Å². The molecule has 0 aromatic rings. The molecule has 0 aliphatic rings. The van der Waals surface area contributed by atoms with Gasteiger partial charge in [-0.25, -0.2) is 4.79 Å². The minimum atomic E-state index is -1.73. The molecule has 0 aliphatic heterocycles. The van der Waals surface area contributed by atoms with Gasteiger partial charge in [0.2, 0.25) is 17.7 Å². The van der Waals surface area contributed by atoms with Gasteiger partial charge in [0.25, 0.3) is 0 Å². The van der Waals surface area contributed by atoms with Crippen molar-refractivity contribution in [2.75, 3.05) is 18.6 Å². The minimum absolute atomic E-state index is 0.308. The van der Waals surface area contributed by atoms with E-state index in [2.05, 4.69) is 10.6 Å². The number of hydrogen-bond donors (Lipinski definition) is 8. The Bertz CT molecular complexity index is 632. The van der Waals surface area contributed by atoms with Crippen LogP contribution in [0.15, 0.2) is 0 Å². The number of aliphatic carboxylic acids is 2. The summed E-state index contributed by atoms with van der Waals surface area (Å²) in [7, 11) is 0. The molecule has 0 saturated carbocycles. The zero-order valence-electron chi connectivity index (χ0n) is 16.5. The van der Waals surface area contributed by atoms with Gasteiger partial charge in [0, 0.05) is 0 Å². The monoisotopic (exact) mass is 452 g/mol. The molecule has 0 radical (unpaired) electrons. The molecule has 0 saturated heterocycles. The van der Waals surface area contributed by atoms with Crippen molar-refractivity contribution in [2.45, 2.75) is 50.0 Å². The number of aliphatic hydroxyl groups is 2. The molecule has 0 aromatic carbocycles. The highest BCUT2D eigenvalue weighted by molar-refractivity contribution is 7.98. The number of aliphatic hydroxyl groups excluding tert-OH is 2. The lowest BCUT2D eigenvalue weighted by Gasteiger charge is -2.25. The SMILES string of the molecule is CSCCC(N)C(=O)NC(C(=O)NC(CC(=O)O)C(=O)NC(CO)C(=O)O)C(C)O. The normalized spacial score (nSPS) is 15.8. The number of amides is 3. The summed E-state index contributed by atoms with van der Waals surface area (Å²) in [5, 5.41) is 42.8. The van der Waals surface area contributed by atoms with Crippen molar-refractivity contribution in [1.29, 1.82) is 0 Å². The van der Waals surface area contributed by atoms with Crippen LogP contribution in [-0.4, -0.2) is 99.0 Å². The maximum Gasteiger partial charge on any atom is 0.328 e. The van der Waals surface area contributed by atoms with Crippen LogP contribution in [-0.2, 0) is 24.0 Å². The Morgan fingerprint density at radius 2 is 1.53 bits per heavy atom. The molecule has 5 unspecified atom stereocenters. The van der Waals surface area contributed by atoms with Crippen LogP contribution in [0, 0.1) is 0 Å². The van der Waals surface area contributed by atoms with E-state index >= 15 is 0 Å². The molecule has 0 fully saturated rings. The molecule has 14 heteroatoms. The molecule has 9 N–H and O–H groups in total. The molecule has 5 atom stereocenters. The summed E-state index contributed by atoms with van der Waals surface area (Å²) < 4.78 is 0. The summed E-state index contributed by atoms with van der Waals surface area (Å²) in [5.74, 6) is -5.46. The predicted octanol–water partition coefficient (Wildman–Crippen LogP) is -3.55. The minimum Gasteiger partial charge on any atom is -0.481 e. The fourth-order valence-corrected chi connectivity index (χ4v) is 2.63. The molecule has 13 nitrogen and oxygen atoms in total. The predicted molar refractivity (Wildman–Crippen MR) is 105 cm³/mol. The summed E-state index contributed by atoms with van der Waals surface area (Å²) in [6, 6.07) is -5.94. The van der Waals surface area contributed by atoms with Crippen molar-refractivity contribution in [1.82, 2.24) is 16.0 Å². The van der Waals surface area contributed by atoms with Gasteiger partial charge < -0.3 is 42.1 Å². The quantitative estimate of drug-likeness (QED) is 0.129. The van der Waals surface area contributed by atoms with Crippen LogP contribution >= 0.6 is 11.8 Å². The van der Waals surface area contributed by atoms with Gasteiger partial charge in [-0.05, 0) is 25.4 Å². The first-order chi connectivity index (χ1) is 13.9. The third-order valence-electron chi connectivity index (χ3n) is 3.84. The van der Waals surface area contributed by atoms with E-state index < -0.39 is 73.0 Å². The summed E-state index contributed by atoms with van der Waals surface area (Å²) >= 11 is 1.46. The number of carboxylic acids is 2. The topological polar surface area (TPSA) is 228 Å². The average Bonchev–Trinajstić information content (AvgIpc) is 2.66. The van der Waals surface area contributed by atoms with Crippen LogP contribution in [0.2, 0.25) is 0 Å². The third-order valence-corrected chi connectivity index (χ3v) is 4.49. The summed E-state index contributed by atoms with van der Waals surface area (Å²) in [5.41, 5.74) is 5.71. The number of nitrogens with two attached hydrogens (primary N) is 1. The summed E-state index contributed by atoms with van der Waals surface area (Å²) in [6.45, 7) is 0.228. The van der Waals surface area contributed by atoms with E-state index in [4.69, 9.17) is 21.1 Å². The van der Waals surface area contributed by atoms with Crippen molar-refractivity contribution in [3.05, 3.63) is 0 Å². The Balaban J connectivity index is 5.31. The average molecular weight is 452 g/mol. The van der Waals surface area contributed by atoms with Crippen molar-refractivity contribution in [2.24, 2.45) is 5.73 Å². The standard InChI is InChI=1S/C16H28N4O9S/c1-7(22)12(20-13(25)8(17)3-4-30-2)15(27)18-9(5-11(23)24)14(26)19-10(6-21)16(28)29/h7-10,12,21-22H,3-6,17H2,1-2H3,(H,18,27)(H,19,26)(H,20,25)(H,23,24)(H,28,29). The van der Waals surface area contributed by atoms with Crippen molar-refractivity contribution >= 4 is 41.4 Å². The van der Waals surface area contributed by atoms with Crippen molar-refractivity contribution < 1.29 is 44.4 Å². The second kappa shape index (κ2) is 13.7. The lowest BCUT2D eigenvalue weighted by Crippen LogP contribution is -2.60. The van der Waals surface area contributed by atoms with Gasteiger partial charge in [0.1, 0.15) is 18.1 Å². The Morgan fingerprint density at radius 3 is 1.97 bits per heavy atom. The lowest BCUT2D eigenvalue weighted by atomic mass is 10.1. The first kappa shape index (κ1) is 27.6. The number of rotatable bonds is 14. The molecule has 0 spiro atoms. The largest absolute Gasteiger partial charge is 0.481 e. The smallest absolute Gasteiger partial charge is 0.328 e. The van der Waals surface area contributed by atoms with E-state index in [-0.39, 0.29) is 0 Å². The molecular weight excluding hydrogens is 424 g/mol. The molecule has 30 heavy (non-hydrogen) atoms. The van der Waals surface area contributed by atoms with E-state index in [1.165, 1.54) is 18.7 Å². The second-order valence-corrected chi connectivity index (χ2v) is 7.34. The number of hydrogen-bond acceptors (Lipinski definition) is 9. The molecule has 0 heterocycles. The lowest BCUT2D eigenvalue weighted by molar-refractivity contribution is -0.144. The van der Waals surface area contributed by atoms with Crippen molar-refractivity contribution in [3.63, 3.8) is 0 Å². The zero-order valence-corrected chi connectivity index (χ0v) is 17.3. The van der Waals surface area contributed by atoms with Gasteiger partial charge in [-0.2, -0.15) is 11.8 Å². The van der Waals surface area contributed by atoms with Crippen LogP contribution < -0.4 is 21.7 Å². The van der Waals surface area contributed by atoms with Gasteiger partial charge in [-0.1, -0.05) is 0 Å². The Morgan fingerprint density at radius 1 is 0.967 bits per heavy atom. The fourth-order valence-electron chi connectivity index (χ4n) is 2.14. The second-order valence-electron chi connectivity index (χ2n) is 6.36. The van der Waals surface area contributed by atoms with Crippen LogP contribution in [0.25, 0.3) is 0 Å². The Labute approximate surface area is 176 Å². The number of carbonyl (C=O) groups is 5. The van der Waals surface area contributed by atoms with E-state index in [0.717, 1.165) is 0 Å². The number of nitrogens with one attached hydrogen (secondary N) is 3. The first-order valence-electron chi connectivity index (χ1n) is 8.83. The third kappa shape index (κ3) is 9.87. The maximum atomic E-state index is 12.5. The number of carbonyl (C=O) groups excluding carboxylic acids is 3. The summed E-state index contributed by atoms with van der Waals surface area (Å²) in [6.07, 6.45) is -0.207. The van der Waals surface area contributed by atoms with Gasteiger partial charge in [-0.3, -0.25) is 19.2 Å². The number of thioether (sulfide) groups is 1.